The molecule has 0 aromatic rings. The normalized spacial score (nSPS) is 12.0. The molecule has 0 aliphatic rings. The standard InChI is InChI=1S/C21H47NO9Si/c1-32(2,3)31-21-20-30-19-18-29-17-16-28-15-14-27-13-12-26-11-10-25-9-8-24-7-6-23-5-4-22/h4-22H2,1-3H3. The highest BCUT2D eigenvalue weighted by Crippen LogP contribution is 2.01. The van der Waals surface area contributed by atoms with Crippen molar-refractivity contribution in [3.8, 4) is 0 Å². The van der Waals surface area contributed by atoms with Gasteiger partial charge in [0, 0.05) is 6.54 Å². The minimum Gasteiger partial charge on any atom is -0.415 e. The Hall–Kier alpha value is -0.183. The summed E-state index contributed by atoms with van der Waals surface area (Å²) in [4.78, 5) is 0. The fraction of sp³-hybridized carbons (Fsp3) is 1.00. The van der Waals surface area contributed by atoms with Crippen molar-refractivity contribution in [3.63, 3.8) is 0 Å². The van der Waals surface area contributed by atoms with E-state index in [-0.39, 0.29) is 0 Å². The lowest BCUT2D eigenvalue weighted by atomic mass is 10.6. The van der Waals surface area contributed by atoms with Gasteiger partial charge in [0.15, 0.2) is 8.32 Å². The van der Waals surface area contributed by atoms with Crippen molar-refractivity contribution < 1.29 is 42.3 Å². The van der Waals surface area contributed by atoms with Crippen molar-refractivity contribution in [2.45, 2.75) is 19.6 Å². The lowest BCUT2D eigenvalue weighted by Gasteiger charge is -2.16. The maximum Gasteiger partial charge on any atom is 0.183 e. The third-order valence-corrected chi connectivity index (χ3v) is 4.70. The van der Waals surface area contributed by atoms with E-state index in [0.717, 1.165) is 0 Å². The van der Waals surface area contributed by atoms with Crippen LogP contribution in [-0.2, 0) is 42.3 Å². The molecule has 194 valence electrons. The summed E-state index contributed by atoms with van der Waals surface area (Å²) in [7, 11) is -1.44. The molecule has 0 amide bonds. The average Bonchev–Trinajstić information content (AvgIpc) is 2.75. The maximum absolute atomic E-state index is 5.70. The fourth-order valence-electron chi connectivity index (χ4n) is 2.13. The number of rotatable bonds is 27. The van der Waals surface area contributed by atoms with Gasteiger partial charge in [0.25, 0.3) is 0 Å². The van der Waals surface area contributed by atoms with Crippen LogP contribution in [0.25, 0.3) is 0 Å². The summed E-state index contributed by atoms with van der Waals surface area (Å²) < 4.78 is 48.8. The summed E-state index contributed by atoms with van der Waals surface area (Å²) in [6, 6.07) is 0. The van der Waals surface area contributed by atoms with Gasteiger partial charge in [-0.2, -0.15) is 0 Å². The molecule has 0 heterocycles. The Morgan fingerprint density at radius 3 is 0.812 bits per heavy atom. The number of hydrogen-bond acceptors (Lipinski definition) is 10. The van der Waals surface area contributed by atoms with E-state index in [0.29, 0.717) is 119 Å². The van der Waals surface area contributed by atoms with E-state index in [1.54, 1.807) is 0 Å². The Labute approximate surface area is 195 Å². The van der Waals surface area contributed by atoms with E-state index in [9.17, 15) is 0 Å². The van der Waals surface area contributed by atoms with Crippen LogP contribution in [0.4, 0.5) is 0 Å². The Balaban J connectivity index is 3.02. The van der Waals surface area contributed by atoms with Crippen LogP contribution >= 0.6 is 0 Å². The van der Waals surface area contributed by atoms with Gasteiger partial charge in [-0.05, 0) is 19.6 Å². The SMILES string of the molecule is C[Si](C)(C)OCCOCCOCCOCCOCCOCCOCCOCCOCCN. The zero-order valence-corrected chi connectivity index (χ0v) is 21.5. The molecule has 11 heteroatoms. The fourth-order valence-corrected chi connectivity index (χ4v) is 2.83. The number of ether oxygens (including phenoxy) is 8. The molecule has 32 heavy (non-hydrogen) atoms. The molecule has 0 spiro atoms. The summed E-state index contributed by atoms with van der Waals surface area (Å²) in [5.74, 6) is 0. The van der Waals surface area contributed by atoms with Crippen LogP contribution in [0.15, 0.2) is 0 Å². The smallest absolute Gasteiger partial charge is 0.183 e. The lowest BCUT2D eigenvalue weighted by molar-refractivity contribution is -0.0235. The molecule has 0 aliphatic carbocycles. The van der Waals surface area contributed by atoms with Crippen LogP contribution in [0, 0.1) is 0 Å². The molecule has 0 aliphatic heterocycles. The summed E-state index contributed by atoms with van der Waals surface area (Å²) in [6.45, 7) is 16.5. The highest BCUT2D eigenvalue weighted by Gasteiger charge is 2.12. The zero-order valence-electron chi connectivity index (χ0n) is 20.5. The second kappa shape index (κ2) is 25.4. The largest absolute Gasteiger partial charge is 0.415 e. The van der Waals surface area contributed by atoms with Gasteiger partial charge in [-0.3, -0.25) is 0 Å². The molecule has 2 N–H and O–H groups in total. The lowest BCUT2D eigenvalue weighted by Crippen LogP contribution is -2.27. The molecule has 0 bridgehead atoms. The summed E-state index contributed by atoms with van der Waals surface area (Å²) in [5.41, 5.74) is 5.31. The summed E-state index contributed by atoms with van der Waals surface area (Å²) in [6.07, 6.45) is 0. The van der Waals surface area contributed by atoms with E-state index in [4.69, 9.17) is 48.1 Å². The van der Waals surface area contributed by atoms with Crippen LogP contribution in [0.5, 0.6) is 0 Å². The van der Waals surface area contributed by atoms with E-state index < -0.39 is 8.32 Å². The predicted molar refractivity (Wildman–Crippen MR) is 125 cm³/mol. The second-order valence-electron chi connectivity index (χ2n) is 7.65. The van der Waals surface area contributed by atoms with E-state index in [1.807, 2.05) is 0 Å². The van der Waals surface area contributed by atoms with Crippen LogP contribution < -0.4 is 5.73 Å². The minimum atomic E-state index is -1.44. The van der Waals surface area contributed by atoms with Crippen molar-refractivity contribution in [3.05, 3.63) is 0 Å². The van der Waals surface area contributed by atoms with Gasteiger partial charge in [-0.15, -0.1) is 0 Å². The third-order valence-electron chi connectivity index (χ3n) is 3.63. The van der Waals surface area contributed by atoms with E-state index in [1.165, 1.54) is 0 Å². The minimum absolute atomic E-state index is 0.532. The van der Waals surface area contributed by atoms with Crippen LogP contribution in [-0.4, -0.2) is 127 Å². The van der Waals surface area contributed by atoms with Gasteiger partial charge in [-0.25, -0.2) is 0 Å². The Morgan fingerprint density at radius 1 is 0.375 bits per heavy atom. The van der Waals surface area contributed by atoms with Crippen molar-refractivity contribution in [2.75, 3.05) is 119 Å². The molecule has 0 saturated heterocycles. The Morgan fingerprint density at radius 2 is 0.594 bits per heavy atom. The molecule has 0 aromatic heterocycles. The topological polar surface area (TPSA) is 109 Å². The molecular formula is C21H47NO9Si. The first-order chi connectivity index (χ1) is 15.6. The van der Waals surface area contributed by atoms with Gasteiger partial charge >= 0.3 is 0 Å². The zero-order chi connectivity index (χ0) is 23.6. The van der Waals surface area contributed by atoms with Crippen molar-refractivity contribution >= 4 is 8.32 Å². The van der Waals surface area contributed by atoms with Crippen molar-refractivity contribution in [1.29, 1.82) is 0 Å². The number of nitrogens with two attached hydrogens (primary N) is 1. The molecule has 0 rings (SSSR count). The summed E-state index contributed by atoms with van der Waals surface area (Å²) in [5, 5.41) is 0. The quantitative estimate of drug-likeness (QED) is 0.133. The molecule has 0 atom stereocenters. The first-order valence-corrected chi connectivity index (χ1v) is 14.9. The molecule has 0 saturated carbocycles. The van der Waals surface area contributed by atoms with Crippen molar-refractivity contribution in [1.82, 2.24) is 0 Å². The van der Waals surface area contributed by atoms with Crippen LogP contribution in [0.3, 0.4) is 0 Å². The molecule has 0 radical (unpaired) electrons. The first kappa shape index (κ1) is 31.8. The van der Waals surface area contributed by atoms with Gasteiger partial charge in [0.05, 0.1) is 112 Å². The third kappa shape index (κ3) is 29.8. The van der Waals surface area contributed by atoms with Crippen LogP contribution in [0.1, 0.15) is 0 Å². The molecule has 0 unspecified atom stereocenters. The molecule has 0 aromatic carbocycles. The van der Waals surface area contributed by atoms with E-state index in [2.05, 4.69) is 19.6 Å². The van der Waals surface area contributed by atoms with Gasteiger partial charge in [-0.1, -0.05) is 0 Å². The second-order valence-corrected chi connectivity index (χ2v) is 12.2. The maximum atomic E-state index is 5.70. The monoisotopic (exact) mass is 485 g/mol. The van der Waals surface area contributed by atoms with Crippen molar-refractivity contribution in [2.24, 2.45) is 5.73 Å². The van der Waals surface area contributed by atoms with Gasteiger partial charge < -0.3 is 48.1 Å². The highest BCUT2D eigenvalue weighted by atomic mass is 28.4. The Bertz CT molecular complexity index is 363. The molecule has 0 fully saturated rings. The first-order valence-electron chi connectivity index (χ1n) is 11.5. The van der Waals surface area contributed by atoms with E-state index >= 15 is 0 Å². The predicted octanol–water partition coefficient (Wildman–Crippen LogP) is 0.929. The highest BCUT2D eigenvalue weighted by molar-refractivity contribution is 6.69. The van der Waals surface area contributed by atoms with Gasteiger partial charge in [0.2, 0.25) is 0 Å². The summed E-state index contributed by atoms with van der Waals surface area (Å²) >= 11 is 0. The molecular weight excluding hydrogens is 438 g/mol. The average molecular weight is 486 g/mol. The Kier molecular flexibility index (Phi) is 25.3. The van der Waals surface area contributed by atoms with Crippen LogP contribution in [0.2, 0.25) is 19.6 Å². The van der Waals surface area contributed by atoms with Gasteiger partial charge in [0.1, 0.15) is 0 Å². The molecule has 10 nitrogen and oxygen atoms in total. The number of hydrogen-bond donors (Lipinski definition) is 1.